The van der Waals surface area contributed by atoms with Crippen molar-refractivity contribution in [3.63, 3.8) is 0 Å². The Morgan fingerprint density at radius 2 is 0.586 bits per heavy atom. The van der Waals surface area contributed by atoms with Crippen molar-refractivity contribution in [3.8, 4) is 0 Å². The van der Waals surface area contributed by atoms with Gasteiger partial charge in [0.1, 0.15) is 12.8 Å². The molecule has 1 nitrogen and oxygen atoms in total. The second-order valence-corrected chi connectivity index (χ2v) is 5.28. The van der Waals surface area contributed by atoms with Crippen LogP contribution in [0, 0.1) is 0 Å². The Hall–Kier alpha value is -1.30. The van der Waals surface area contributed by atoms with Crippen LogP contribution in [0.2, 0.25) is 0 Å². The van der Waals surface area contributed by atoms with E-state index in [2.05, 4.69) is 0 Å². The Labute approximate surface area is 146 Å². The molecule has 0 rings (SSSR count). The molecular weight excluding hydrogens is 478 g/mol. The number of rotatable bonds is 6. The zero-order valence-electron chi connectivity index (χ0n) is 12.6. The quantitative estimate of drug-likeness (QED) is 0.386. The van der Waals surface area contributed by atoms with Gasteiger partial charge in [0.25, 0.3) is 0 Å². The molecule has 0 amide bonds. The molecule has 0 aromatic carbocycles. The summed E-state index contributed by atoms with van der Waals surface area (Å²) >= 11 is 0. The molecule has 0 spiro atoms. The maximum absolute atomic E-state index is 13.6. The van der Waals surface area contributed by atoms with Crippen molar-refractivity contribution < 1.29 is 83.8 Å². The Balaban J connectivity index is 6.70. The zero-order valence-corrected chi connectivity index (χ0v) is 12.6. The minimum Gasteiger partial charge on any atom is -0.284 e. The molecule has 0 aromatic rings. The van der Waals surface area contributed by atoms with Gasteiger partial charge in [-0.3, -0.25) is 4.74 Å². The van der Waals surface area contributed by atoms with Gasteiger partial charge in [-0.2, -0.15) is 79.0 Å². The van der Waals surface area contributed by atoms with Crippen molar-refractivity contribution in [2.24, 2.45) is 0 Å². The first-order valence-electron chi connectivity index (χ1n) is 6.22. The molecule has 0 fully saturated rings. The lowest BCUT2D eigenvalue weighted by Gasteiger charge is -2.42. The molecule has 0 aromatic heterocycles. The van der Waals surface area contributed by atoms with Gasteiger partial charge in [-0.15, -0.1) is 0 Å². The first kappa shape index (κ1) is 27.7. The van der Waals surface area contributed by atoms with E-state index in [1.165, 1.54) is 4.74 Å². The van der Waals surface area contributed by atoms with Crippen LogP contribution in [0.3, 0.4) is 0 Å². The fourth-order valence-electron chi connectivity index (χ4n) is 1.60. The summed E-state index contributed by atoms with van der Waals surface area (Å²) in [5, 5.41) is 0. The van der Waals surface area contributed by atoms with E-state index < -0.39 is 61.1 Å². The van der Waals surface area contributed by atoms with Gasteiger partial charge in [0, 0.05) is 0 Å². The first-order chi connectivity index (χ1) is 12.1. The van der Waals surface area contributed by atoms with Crippen LogP contribution in [-0.2, 0) is 4.74 Å². The van der Waals surface area contributed by atoms with E-state index in [1.54, 1.807) is 0 Å². The molecule has 0 aliphatic carbocycles. The van der Waals surface area contributed by atoms with Gasteiger partial charge in [-0.05, 0) is 0 Å². The smallest absolute Gasteiger partial charge is 0.284 e. The van der Waals surface area contributed by atoms with Gasteiger partial charge >= 0.3 is 48.3 Å². The molecule has 0 N–H and O–H groups in total. The summed E-state index contributed by atoms with van der Waals surface area (Å²) in [5.74, 6) is -30.1. The number of hydrogen-bond acceptors (Lipinski definition) is 1. The summed E-state index contributed by atoms with van der Waals surface area (Å²) < 4.78 is 228. The molecule has 0 radical (unpaired) electrons. The van der Waals surface area contributed by atoms with Crippen molar-refractivity contribution in [3.05, 3.63) is 0 Å². The van der Waals surface area contributed by atoms with Crippen molar-refractivity contribution in [2.45, 2.75) is 61.1 Å². The van der Waals surface area contributed by atoms with Gasteiger partial charge < -0.3 is 0 Å². The number of halogens is 18. The van der Waals surface area contributed by atoms with E-state index in [-0.39, 0.29) is 0 Å². The van der Waals surface area contributed by atoms with E-state index >= 15 is 0 Å². The lowest BCUT2D eigenvalue weighted by Crippen LogP contribution is -2.68. The van der Waals surface area contributed by atoms with Crippen molar-refractivity contribution >= 4 is 0 Å². The van der Waals surface area contributed by atoms with Crippen LogP contribution in [0.5, 0.6) is 0 Å². The summed E-state index contributed by atoms with van der Waals surface area (Å²) in [4.78, 5) is 0. The predicted molar refractivity (Wildman–Crippen MR) is 52.1 cm³/mol. The average molecular weight is 482 g/mol. The Kier molecular flexibility index (Phi) is 6.82. The Morgan fingerprint density at radius 3 is 0.724 bits per heavy atom. The van der Waals surface area contributed by atoms with Crippen molar-refractivity contribution in [1.29, 1.82) is 0 Å². The average Bonchev–Trinajstić information content (AvgIpc) is 2.28. The minimum atomic E-state index is -7.78. The molecule has 0 saturated carbocycles. The molecule has 0 aliphatic rings. The topological polar surface area (TPSA) is 9.23 Å². The monoisotopic (exact) mass is 482 g/mol. The summed E-state index contributed by atoms with van der Waals surface area (Å²) in [6.07, 6.45) is -37.2. The standard InChI is InChI=1S/C10H4F18O/c11-3(12,1-5(15,16)17)7(21,9(23,24)25)29-8(22,10(26,27)28)4(13,14)2-6(18,19)20/h1-2H2. The Morgan fingerprint density at radius 1 is 0.379 bits per heavy atom. The van der Waals surface area contributed by atoms with Crippen LogP contribution in [0.1, 0.15) is 12.8 Å². The minimum absolute atomic E-state index is 1.49. The highest BCUT2D eigenvalue weighted by Crippen LogP contribution is 2.58. The number of alkyl halides is 18. The predicted octanol–water partition coefficient (Wildman–Crippen LogP) is 6.63. The molecule has 2 atom stereocenters. The van der Waals surface area contributed by atoms with Crippen molar-refractivity contribution in [2.75, 3.05) is 0 Å². The van der Waals surface area contributed by atoms with E-state index in [0.29, 0.717) is 0 Å². The number of ether oxygens (including phenoxy) is 1. The van der Waals surface area contributed by atoms with Gasteiger partial charge in [0.15, 0.2) is 0 Å². The molecular formula is C10H4F18O. The van der Waals surface area contributed by atoms with Gasteiger partial charge in [0.05, 0.1) is 0 Å². The van der Waals surface area contributed by atoms with E-state index in [4.69, 9.17) is 0 Å². The van der Waals surface area contributed by atoms with Crippen molar-refractivity contribution in [1.82, 2.24) is 0 Å². The van der Waals surface area contributed by atoms with E-state index in [9.17, 15) is 79.0 Å². The molecule has 29 heavy (non-hydrogen) atoms. The zero-order chi connectivity index (χ0) is 24.1. The fraction of sp³-hybridized carbons (Fsp3) is 1.00. The normalized spacial score (nSPS) is 19.7. The van der Waals surface area contributed by atoms with Gasteiger partial charge in [0.2, 0.25) is 0 Å². The highest BCUT2D eigenvalue weighted by Gasteiger charge is 2.84. The van der Waals surface area contributed by atoms with Gasteiger partial charge in [-0.25, -0.2) is 0 Å². The van der Waals surface area contributed by atoms with Crippen LogP contribution in [0.25, 0.3) is 0 Å². The maximum Gasteiger partial charge on any atom is 0.455 e. The largest absolute Gasteiger partial charge is 0.455 e. The van der Waals surface area contributed by atoms with Crippen LogP contribution in [-0.4, -0.2) is 48.3 Å². The van der Waals surface area contributed by atoms with Crippen LogP contribution >= 0.6 is 0 Å². The second kappa shape index (κ2) is 7.14. The number of hydrogen-bond donors (Lipinski definition) is 0. The summed E-state index contributed by atoms with van der Waals surface area (Å²) in [6, 6.07) is 0. The third-order valence-corrected chi connectivity index (χ3v) is 2.80. The lowest BCUT2D eigenvalue weighted by molar-refractivity contribution is -0.506. The summed E-state index contributed by atoms with van der Waals surface area (Å²) in [7, 11) is 0. The lowest BCUT2D eigenvalue weighted by atomic mass is 10.0. The van der Waals surface area contributed by atoms with Gasteiger partial charge in [-0.1, -0.05) is 0 Å². The highest BCUT2D eigenvalue weighted by atomic mass is 19.4. The molecule has 176 valence electrons. The molecule has 2 unspecified atom stereocenters. The highest BCUT2D eigenvalue weighted by molar-refractivity contribution is 5.01. The summed E-state index contributed by atoms with van der Waals surface area (Å²) in [6.45, 7) is 0. The maximum atomic E-state index is 13.6. The third-order valence-electron chi connectivity index (χ3n) is 2.80. The Bertz CT molecular complexity index is 515. The summed E-state index contributed by atoms with van der Waals surface area (Å²) in [5.41, 5.74) is 0. The van der Waals surface area contributed by atoms with Crippen LogP contribution in [0.4, 0.5) is 79.0 Å². The fourth-order valence-corrected chi connectivity index (χ4v) is 1.60. The van der Waals surface area contributed by atoms with Crippen LogP contribution < -0.4 is 0 Å². The molecule has 0 aliphatic heterocycles. The first-order valence-corrected chi connectivity index (χ1v) is 6.22. The third kappa shape index (κ3) is 5.87. The SMILES string of the molecule is FC(F)(F)CC(F)(F)C(F)(OC(F)(C(F)(F)F)C(F)(F)CC(F)(F)F)C(F)(F)F. The molecule has 0 bridgehead atoms. The van der Waals surface area contributed by atoms with E-state index in [1.807, 2.05) is 0 Å². The second-order valence-electron chi connectivity index (χ2n) is 5.28. The molecule has 19 heteroatoms. The van der Waals surface area contributed by atoms with Crippen LogP contribution in [0.15, 0.2) is 0 Å². The molecule has 0 heterocycles. The molecule has 0 saturated heterocycles. The van der Waals surface area contributed by atoms with E-state index in [0.717, 1.165) is 0 Å².